The highest BCUT2D eigenvalue weighted by atomic mass is 35.5. The van der Waals surface area contributed by atoms with Crippen LogP contribution in [0.2, 0.25) is 5.02 Å². The standard InChI is InChI=1S/C17H11ClF5N5S/c18-12-2-1-3-13(8-12)26-17-15(9-24)16(27-28-17)25-10-11-4-6-14(7-5-11)29(19,20,21,22)23/h1-8,10H,(H2,26,27,28). The molecule has 3 aromatic rings. The van der Waals surface area contributed by atoms with Gasteiger partial charge in [-0.15, -0.1) is 0 Å². The van der Waals surface area contributed by atoms with Gasteiger partial charge in [-0.2, -0.15) is 10.4 Å². The zero-order chi connectivity index (χ0) is 21.3. The lowest BCUT2D eigenvalue weighted by Crippen LogP contribution is -2.05. The molecule has 0 aliphatic rings. The molecule has 12 heteroatoms. The van der Waals surface area contributed by atoms with Crippen LogP contribution in [0.4, 0.5) is 36.8 Å². The van der Waals surface area contributed by atoms with Crippen molar-refractivity contribution in [1.29, 1.82) is 5.26 Å². The molecule has 0 aliphatic carbocycles. The Morgan fingerprint density at radius 3 is 2.38 bits per heavy atom. The summed E-state index contributed by atoms with van der Waals surface area (Å²) in [6, 6.07) is 10.9. The van der Waals surface area contributed by atoms with Gasteiger partial charge in [0.05, 0.1) is 0 Å². The first-order valence-electron chi connectivity index (χ1n) is 7.75. The fourth-order valence-corrected chi connectivity index (χ4v) is 3.12. The van der Waals surface area contributed by atoms with E-state index in [1.54, 1.807) is 24.3 Å². The number of aliphatic imine (C=N–C) groups is 1. The normalized spacial score (nSPS) is 14.2. The van der Waals surface area contributed by atoms with Gasteiger partial charge in [-0.05, 0) is 35.9 Å². The average molecular weight is 448 g/mol. The van der Waals surface area contributed by atoms with Crippen molar-refractivity contribution in [3.8, 4) is 6.07 Å². The van der Waals surface area contributed by atoms with Crippen molar-refractivity contribution in [1.82, 2.24) is 10.2 Å². The lowest BCUT2D eigenvalue weighted by atomic mass is 10.2. The number of aromatic nitrogens is 2. The number of hydrogen-bond acceptors (Lipinski definition) is 4. The van der Waals surface area contributed by atoms with Gasteiger partial charge in [0, 0.05) is 16.9 Å². The number of nitrogens with one attached hydrogen (secondary N) is 2. The predicted molar refractivity (Wildman–Crippen MR) is 103 cm³/mol. The van der Waals surface area contributed by atoms with Crippen molar-refractivity contribution in [2.75, 3.05) is 5.32 Å². The van der Waals surface area contributed by atoms with Crippen molar-refractivity contribution < 1.29 is 19.4 Å². The zero-order valence-corrected chi connectivity index (χ0v) is 15.8. The molecule has 1 aromatic heterocycles. The molecule has 0 fully saturated rings. The summed E-state index contributed by atoms with van der Waals surface area (Å²) >= 11 is 5.89. The summed E-state index contributed by atoms with van der Waals surface area (Å²) in [5.74, 6) is 0.201. The number of nitriles is 1. The Balaban J connectivity index is 1.83. The SMILES string of the molecule is N#Cc1c(N=Cc2ccc(S(F)(F)(F)(F)F)cc2)n[nH]c1Nc1cccc(Cl)c1. The molecule has 152 valence electrons. The van der Waals surface area contributed by atoms with Crippen molar-refractivity contribution >= 4 is 45.4 Å². The van der Waals surface area contributed by atoms with E-state index < -0.39 is 15.1 Å². The summed E-state index contributed by atoms with van der Waals surface area (Å²) < 4.78 is 63.7. The third-order valence-electron chi connectivity index (χ3n) is 3.61. The Labute approximate surface area is 166 Å². The van der Waals surface area contributed by atoms with Crippen LogP contribution >= 0.6 is 21.8 Å². The molecular weight excluding hydrogens is 437 g/mol. The van der Waals surface area contributed by atoms with Crippen LogP contribution in [0.25, 0.3) is 0 Å². The maximum absolute atomic E-state index is 12.7. The minimum Gasteiger partial charge on any atom is -0.339 e. The monoisotopic (exact) mass is 447 g/mol. The van der Waals surface area contributed by atoms with E-state index >= 15 is 0 Å². The highest BCUT2D eigenvalue weighted by Crippen LogP contribution is 3.02. The van der Waals surface area contributed by atoms with Gasteiger partial charge in [-0.3, -0.25) is 5.10 Å². The number of anilines is 2. The fraction of sp³-hybridized carbons (Fsp3) is 0. The van der Waals surface area contributed by atoms with Crippen LogP contribution in [0.15, 0.2) is 58.4 Å². The van der Waals surface area contributed by atoms with E-state index in [4.69, 9.17) is 11.6 Å². The molecule has 0 unspecified atom stereocenters. The quantitative estimate of drug-likeness (QED) is 0.324. The van der Waals surface area contributed by atoms with E-state index in [-0.39, 0.29) is 34.9 Å². The third kappa shape index (κ3) is 5.04. The Morgan fingerprint density at radius 1 is 1.10 bits per heavy atom. The van der Waals surface area contributed by atoms with Crippen LogP contribution < -0.4 is 5.32 Å². The second-order valence-corrected chi connectivity index (χ2v) is 8.69. The van der Waals surface area contributed by atoms with E-state index in [1.807, 2.05) is 6.07 Å². The Morgan fingerprint density at radius 2 is 1.79 bits per heavy atom. The van der Waals surface area contributed by atoms with Crippen LogP contribution in [0, 0.1) is 11.3 Å². The summed E-state index contributed by atoms with van der Waals surface area (Å²) in [7, 11) is -9.73. The zero-order valence-electron chi connectivity index (χ0n) is 14.2. The van der Waals surface area contributed by atoms with Gasteiger partial charge in [0.15, 0.2) is 5.82 Å². The molecule has 1 heterocycles. The van der Waals surface area contributed by atoms with Crippen LogP contribution in [-0.2, 0) is 0 Å². The highest BCUT2D eigenvalue weighted by Gasteiger charge is 2.65. The van der Waals surface area contributed by atoms with Gasteiger partial charge in [0.2, 0.25) is 0 Å². The van der Waals surface area contributed by atoms with E-state index in [2.05, 4.69) is 20.5 Å². The van der Waals surface area contributed by atoms with Crippen LogP contribution in [0.1, 0.15) is 11.1 Å². The van der Waals surface area contributed by atoms with Gasteiger partial charge in [0.25, 0.3) is 0 Å². The Kier molecular flexibility index (Phi) is 4.60. The summed E-state index contributed by atoms with van der Waals surface area (Å²) in [6.07, 6.45) is 1.11. The molecule has 29 heavy (non-hydrogen) atoms. The minimum atomic E-state index is -9.73. The van der Waals surface area contributed by atoms with Gasteiger partial charge < -0.3 is 5.32 Å². The number of H-pyrrole nitrogens is 1. The first-order chi connectivity index (χ1) is 13.4. The predicted octanol–water partition coefficient (Wildman–Crippen LogP) is 7.09. The van der Waals surface area contributed by atoms with E-state index in [1.165, 1.54) is 0 Å². The second kappa shape index (κ2) is 6.47. The molecule has 0 radical (unpaired) electrons. The molecular formula is C17H11ClF5N5S. The lowest BCUT2D eigenvalue weighted by molar-refractivity contribution is 0.364. The van der Waals surface area contributed by atoms with E-state index in [0.29, 0.717) is 10.7 Å². The number of halogens is 6. The van der Waals surface area contributed by atoms with E-state index in [9.17, 15) is 24.7 Å². The number of nitrogens with zero attached hydrogens (tertiary/aromatic N) is 3. The molecule has 3 rings (SSSR count). The van der Waals surface area contributed by atoms with Crippen molar-refractivity contribution in [3.63, 3.8) is 0 Å². The number of hydrogen-bond donors (Lipinski definition) is 2. The smallest absolute Gasteiger partial charge is 0.310 e. The number of rotatable bonds is 5. The number of aromatic amines is 1. The molecule has 0 amide bonds. The Hall–Kier alpha value is -3.10. The molecule has 2 aromatic carbocycles. The highest BCUT2D eigenvalue weighted by molar-refractivity contribution is 8.45. The maximum atomic E-state index is 12.7. The van der Waals surface area contributed by atoms with E-state index in [0.717, 1.165) is 18.3 Å². The molecule has 0 saturated heterocycles. The summed E-state index contributed by atoms with van der Waals surface area (Å²) in [5.41, 5.74) is 0.747. The largest absolute Gasteiger partial charge is 0.339 e. The third-order valence-corrected chi connectivity index (χ3v) is 5.01. The summed E-state index contributed by atoms with van der Waals surface area (Å²) in [4.78, 5) is 1.95. The lowest BCUT2D eigenvalue weighted by Gasteiger charge is -2.40. The Bertz CT molecular complexity index is 1130. The van der Waals surface area contributed by atoms with Gasteiger partial charge in [-0.1, -0.05) is 49.2 Å². The van der Waals surface area contributed by atoms with Crippen LogP contribution in [-0.4, -0.2) is 16.4 Å². The van der Waals surface area contributed by atoms with Crippen molar-refractivity contribution in [3.05, 3.63) is 64.7 Å². The first-order valence-corrected chi connectivity index (χ1v) is 10.1. The van der Waals surface area contributed by atoms with Crippen LogP contribution in [0.3, 0.4) is 0 Å². The average Bonchev–Trinajstić information content (AvgIpc) is 3.00. The molecule has 2 N–H and O–H groups in total. The summed E-state index contributed by atoms with van der Waals surface area (Å²) in [5, 5.41) is 19.2. The van der Waals surface area contributed by atoms with Crippen molar-refractivity contribution in [2.45, 2.75) is 4.90 Å². The molecule has 0 saturated carbocycles. The van der Waals surface area contributed by atoms with Gasteiger partial charge in [0.1, 0.15) is 22.3 Å². The maximum Gasteiger partial charge on any atom is 0.310 e. The molecule has 0 spiro atoms. The number of benzene rings is 2. The molecule has 0 aliphatic heterocycles. The molecule has 0 bridgehead atoms. The summed E-state index contributed by atoms with van der Waals surface area (Å²) in [6.45, 7) is 0. The van der Waals surface area contributed by atoms with Crippen LogP contribution in [0.5, 0.6) is 0 Å². The molecule has 5 nitrogen and oxygen atoms in total. The molecule has 0 atom stereocenters. The van der Waals surface area contributed by atoms with Gasteiger partial charge in [-0.25, -0.2) is 4.99 Å². The minimum absolute atomic E-state index is 0.0335. The van der Waals surface area contributed by atoms with Crippen molar-refractivity contribution in [2.24, 2.45) is 4.99 Å². The fourth-order valence-electron chi connectivity index (χ4n) is 2.28. The second-order valence-electron chi connectivity index (χ2n) is 5.84. The topological polar surface area (TPSA) is 76.9 Å². The van der Waals surface area contributed by atoms with Gasteiger partial charge >= 0.3 is 10.2 Å². The first kappa shape index (κ1) is 20.6.